The van der Waals surface area contributed by atoms with Gasteiger partial charge in [0.05, 0.1) is 15.7 Å². The molecule has 1 heterocycles. The maximum Gasteiger partial charge on any atom is 0.270 e. The van der Waals surface area contributed by atoms with Gasteiger partial charge in [0.2, 0.25) is 11.2 Å². The number of nitro groups is 1. The van der Waals surface area contributed by atoms with Crippen molar-refractivity contribution in [3.63, 3.8) is 0 Å². The van der Waals surface area contributed by atoms with E-state index in [1.807, 2.05) is 30.3 Å². The fourth-order valence-corrected chi connectivity index (χ4v) is 4.48. The number of hydrogen-bond donors (Lipinski definition) is 0. The molecule has 0 saturated heterocycles. The van der Waals surface area contributed by atoms with Crippen LogP contribution in [-0.2, 0) is 6.54 Å². The summed E-state index contributed by atoms with van der Waals surface area (Å²) in [7, 11) is 0. The molecule has 152 valence electrons. The van der Waals surface area contributed by atoms with Crippen LogP contribution in [0.25, 0.3) is 32.9 Å². The molecule has 4 aromatic rings. The summed E-state index contributed by atoms with van der Waals surface area (Å²) in [4.78, 5) is 11.2. The van der Waals surface area contributed by atoms with Crippen LogP contribution in [-0.4, -0.2) is 4.92 Å². The summed E-state index contributed by atoms with van der Waals surface area (Å²) in [5, 5.41) is 14.6. The van der Waals surface area contributed by atoms with Crippen LogP contribution >= 0.6 is 15.9 Å². The first-order valence-corrected chi connectivity index (χ1v) is 11.2. The van der Waals surface area contributed by atoms with Crippen LogP contribution in [0.1, 0.15) is 32.6 Å². The van der Waals surface area contributed by atoms with Gasteiger partial charge in [-0.25, -0.2) is 0 Å². The molecule has 30 heavy (non-hydrogen) atoms. The first-order valence-electron chi connectivity index (χ1n) is 10.4. The monoisotopic (exact) mass is 463 g/mol. The number of nitrogens with zero attached hydrogens (tertiary/aromatic N) is 2. The number of non-ortho nitro benzene ring substituents is 1. The van der Waals surface area contributed by atoms with E-state index in [1.54, 1.807) is 12.1 Å². The van der Waals surface area contributed by atoms with E-state index < -0.39 is 0 Å². The van der Waals surface area contributed by atoms with Crippen LogP contribution < -0.4 is 4.57 Å². The minimum Gasteiger partial charge on any atom is -0.258 e. The van der Waals surface area contributed by atoms with Crippen molar-refractivity contribution in [2.75, 3.05) is 0 Å². The highest BCUT2D eigenvalue weighted by molar-refractivity contribution is 9.10. The molecule has 0 N–H and O–H groups in total. The van der Waals surface area contributed by atoms with Crippen LogP contribution in [0.2, 0.25) is 0 Å². The van der Waals surface area contributed by atoms with Crippen molar-refractivity contribution in [2.24, 2.45) is 0 Å². The quantitative estimate of drug-likeness (QED) is 0.0955. The molecule has 0 spiro atoms. The number of benzene rings is 3. The summed E-state index contributed by atoms with van der Waals surface area (Å²) in [6.07, 6.45) is 4.63. The molecule has 0 aliphatic heterocycles. The third-order valence-corrected chi connectivity index (χ3v) is 6.06. The van der Waals surface area contributed by atoms with Gasteiger partial charge in [0.15, 0.2) is 0 Å². The topological polar surface area (TPSA) is 47.0 Å². The van der Waals surface area contributed by atoms with Crippen LogP contribution in [0.4, 0.5) is 5.69 Å². The molecular formula is C25H24BrN2O2+. The van der Waals surface area contributed by atoms with Gasteiger partial charge in [0.25, 0.3) is 5.69 Å². The summed E-state index contributed by atoms with van der Waals surface area (Å²) >= 11 is 3.63. The molecule has 3 aromatic carbocycles. The van der Waals surface area contributed by atoms with Gasteiger partial charge < -0.3 is 0 Å². The Hall–Kier alpha value is -2.79. The molecule has 0 bridgehead atoms. The van der Waals surface area contributed by atoms with E-state index >= 15 is 0 Å². The van der Waals surface area contributed by atoms with Crippen molar-refractivity contribution < 1.29 is 9.49 Å². The minimum atomic E-state index is -0.314. The highest BCUT2D eigenvalue weighted by atomic mass is 79.9. The van der Waals surface area contributed by atoms with Gasteiger partial charge >= 0.3 is 0 Å². The predicted octanol–water partition coefficient (Wildman–Crippen LogP) is 7.20. The molecule has 0 atom stereocenters. The van der Waals surface area contributed by atoms with E-state index in [4.69, 9.17) is 0 Å². The van der Waals surface area contributed by atoms with E-state index in [0.29, 0.717) is 0 Å². The van der Waals surface area contributed by atoms with Gasteiger partial charge in [0, 0.05) is 40.0 Å². The SMILES string of the molecule is CCCCCC[n+]1c(-c2ccccc2)c2cc([N+](=O)[O-])ccc2c2ccc(Br)cc21. The maximum atomic E-state index is 11.5. The molecule has 0 unspecified atom stereocenters. The first kappa shape index (κ1) is 20.5. The zero-order chi connectivity index (χ0) is 21.1. The zero-order valence-corrected chi connectivity index (χ0v) is 18.6. The van der Waals surface area contributed by atoms with Crippen LogP contribution in [0.5, 0.6) is 0 Å². The van der Waals surface area contributed by atoms with Gasteiger partial charge in [-0.3, -0.25) is 10.1 Å². The fraction of sp³-hybridized carbons (Fsp3) is 0.240. The molecule has 0 aliphatic rings. The van der Waals surface area contributed by atoms with Crippen molar-refractivity contribution in [1.82, 2.24) is 0 Å². The molecule has 0 fully saturated rings. The minimum absolute atomic E-state index is 0.119. The molecular weight excluding hydrogens is 440 g/mol. The average Bonchev–Trinajstić information content (AvgIpc) is 2.76. The van der Waals surface area contributed by atoms with Crippen molar-refractivity contribution >= 4 is 43.3 Å². The molecule has 0 saturated carbocycles. The Labute approximate surface area is 184 Å². The Balaban J connectivity index is 2.08. The molecule has 4 rings (SSSR count). The van der Waals surface area contributed by atoms with E-state index in [2.05, 4.69) is 51.7 Å². The Bertz CT molecular complexity index is 1220. The van der Waals surface area contributed by atoms with Crippen LogP contribution in [0.3, 0.4) is 0 Å². The van der Waals surface area contributed by atoms with Crippen molar-refractivity contribution in [3.8, 4) is 11.3 Å². The van der Waals surface area contributed by atoms with Gasteiger partial charge in [-0.05, 0) is 36.8 Å². The summed E-state index contributed by atoms with van der Waals surface area (Å²) in [6.45, 7) is 3.08. The highest BCUT2D eigenvalue weighted by Gasteiger charge is 2.24. The molecule has 0 amide bonds. The largest absolute Gasteiger partial charge is 0.270 e. The van der Waals surface area contributed by atoms with E-state index in [-0.39, 0.29) is 10.6 Å². The lowest BCUT2D eigenvalue weighted by Gasteiger charge is -2.13. The van der Waals surface area contributed by atoms with E-state index in [9.17, 15) is 10.1 Å². The van der Waals surface area contributed by atoms with Crippen molar-refractivity contribution in [3.05, 3.63) is 81.3 Å². The number of unbranched alkanes of at least 4 members (excludes halogenated alkanes) is 3. The predicted molar refractivity (Wildman–Crippen MR) is 126 cm³/mol. The lowest BCUT2D eigenvalue weighted by atomic mass is 9.98. The standard InChI is InChI=1S/C25H24BrN2O2/c1-2-3-4-8-15-27-24-16-19(26)11-13-22(24)21-14-12-20(28(29)30)17-23(21)25(27)18-9-6-5-7-10-18/h5-7,9-14,16-17H,2-4,8,15H2,1H3/q+1. The third-order valence-electron chi connectivity index (χ3n) is 5.56. The first-order chi connectivity index (χ1) is 14.6. The van der Waals surface area contributed by atoms with Crippen molar-refractivity contribution in [2.45, 2.75) is 39.2 Å². The fourth-order valence-electron chi connectivity index (χ4n) is 4.13. The van der Waals surface area contributed by atoms with E-state index in [1.165, 1.54) is 19.3 Å². The maximum absolute atomic E-state index is 11.5. The Kier molecular flexibility index (Phi) is 6.09. The highest BCUT2D eigenvalue weighted by Crippen LogP contribution is 2.34. The van der Waals surface area contributed by atoms with Gasteiger partial charge in [-0.2, -0.15) is 4.57 Å². The number of aryl methyl sites for hydroxylation is 1. The van der Waals surface area contributed by atoms with Gasteiger partial charge in [-0.15, -0.1) is 0 Å². The van der Waals surface area contributed by atoms with Gasteiger partial charge in [-0.1, -0.05) is 53.9 Å². The Morgan fingerprint density at radius 3 is 2.40 bits per heavy atom. The summed E-state index contributed by atoms with van der Waals surface area (Å²) in [5.74, 6) is 0. The third kappa shape index (κ3) is 3.94. The normalized spacial score (nSPS) is 11.3. The molecule has 1 aromatic heterocycles. The number of aromatic nitrogens is 1. The second kappa shape index (κ2) is 8.92. The Morgan fingerprint density at radius 1 is 0.900 bits per heavy atom. The van der Waals surface area contributed by atoms with Crippen LogP contribution in [0.15, 0.2) is 71.2 Å². The van der Waals surface area contributed by atoms with Crippen molar-refractivity contribution in [1.29, 1.82) is 0 Å². The molecule has 0 radical (unpaired) electrons. The molecule has 5 heteroatoms. The smallest absolute Gasteiger partial charge is 0.258 e. The summed E-state index contributed by atoms with van der Waals surface area (Å²) in [6, 6.07) is 21.7. The number of fused-ring (bicyclic) bond motifs is 3. The summed E-state index contributed by atoms with van der Waals surface area (Å²) in [5.41, 5.74) is 3.37. The van der Waals surface area contributed by atoms with Crippen LogP contribution in [0, 0.1) is 10.1 Å². The summed E-state index contributed by atoms with van der Waals surface area (Å²) < 4.78 is 3.37. The van der Waals surface area contributed by atoms with Gasteiger partial charge in [0.1, 0.15) is 6.54 Å². The Morgan fingerprint density at radius 2 is 1.67 bits per heavy atom. The molecule has 0 aliphatic carbocycles. The van der Waals surface area contributed by atoms with E-state index in [0.717, 1.165) is 50.4 Å². The second-order valence-corrected chi connectivity index (χ2v) is 8.49. The zero-order valence-electron chi connectivity index (χ0n) is 17.0. The molecule has 4 nitrogen and oxygen atoms in total. The lowest BCUT2D eigenvalue weighted by molar-refractivity contribution is -0.659. The second-order valence-electron chi connectivity index (χ2n) is 7.58. The lowest BCUT2D eigenvalue weighted by Crippen LogP contribution is -2.37. The average molecular weight is 464 g/mol. The number of rotatable bonds is 7. The number of nitro benzene ring substituents is 1. The number of pyridine rings is 1. The number of hydrogen-bond acceptors (Lipinski definition) is 2. The number of halogens is 1.